The Hall–Kier alpha value is -0.610. The second kappa shape index (κ2) is 6.36. The van der Waals surface area contributed by atoms with Crippen LogP contribution in [-0.4, -0.2) is 17.3 Å². The molecule has 0 saturated heterocycles. The summed E-state index contributed by atoms with van der Waals surface area (Å²) in [5, 5.41) is 2.76. The molecule has 0 aliphatic heterocycles. The van der Waals surface area contributed by atoms with Gasteiger partial charge in [-0.1, -0.05) is 15.9 Å². The fourth-order valence-corrected chi connectivity index (χ4v) is 2.27. The normalized spacial score (nSPS) is 14.2. The Morgan fingerprint density at radius 2 is 2.12 bits per heavy atom. The Bertz CT molecular complexity index is 391. The highest BCUT2D eigenvalue weighted by Crippen LogP contribution is 2.15. The van der Waals surface area contributed by atoms with Crippen molar-refractivity contribution in [2.45, 2.75) is 31.7 Å². The van der Waals surface area contributed by atoms with E-state index in [1.54, 1.807) is 6.07 Å². The van der Waals surface area contributed by atoms with E-state index in [1.807, 2.05) is 13.8 Å². The van der Waals surface area contributed by atoms with E-state index >= 15 is 0 Å². The Morgan fingerprint density at radius 3 is 2.65 bits per heavy atom. The van der Waals surface area contributed by atoms with Gasteiger partial charge in [0.1, 0.15) is 5.82 Å². The molecule has 2 nitrogen and oxygen atoms in total. The molecule has 0 radical (unpaired) electrons. The summed E-state index contributed by atoms with van der Waals surface area (Å²) in [7, 11) is 0. The van der Waals surface area contributed by atoms with Crippen molar-refractivity contribution < 1.29 is 9.18 Å². The number of carbonyl (C=O) groups is 1. The van der Waals surface area contributed by atoms with E-state index in [9.17, 15) is 9.18 Å². The molecule has 1 aromatic carbocycles. The van der Waals surface area contributed by atoms with E-state index in [0.717, 1.165) is 0 Å². The topological polar surface area (TPSA) is 29.1 Å². The van der Waals surface area contributed by atoms with Crippen LogP contribution in [0.4, 0.5) is 4.39 Å². The van der Waals surface area contributed by atoms with Gasteiger partial charge in [-0.25, -0.2) is 4.39 Å². The summed E-state index contributed by atoms with van der Waals surface area (Å²) in [5.74, 6) is -0.738. The summed E-state index contributed by atoms with van der Waals surface area (Å²) in [4.78, 5) is 11.8. The number of hydrogen-bond acceptors (Lipinski definition) is 1. The lowest BCUT2D eigenvalue weighted by Gasteiger charge is -2.15. The van der Waals surface area contributed by atoms with Gasteiger partial charge >= 0.3 is 0 Å². The first-order valence-electron chi connectivity index (χ1n) is 5.29. The zero-order chi connectivity index (χ0) is 13.0. The van der Waals surface area contributed by atoms with Gasteiger partial charge in [-0.05, 0) is 38.5 Å². The molecule has 1 rings (SSSR count). The van der Waals surface area contributed by atoms with Gasteiger partial charge < -0.3 is 5.32 Å². The number of benzene rings is 1. The molecule has 17 heavy (non-hydrogen) atoms. The van der Waals surface area contributed by atoms with Crippen molar-refractivity contribution in [1.82, 2.24) is 5.32 Å². The van der Waals surface area contributed by atoms with Crippen molar-refractivity contribution in [3.8, 4) is 0 Å². The number of alkyl halides is 1. The van der Waals surface area contributed by atoms with Crippen LogP contribution in [-0.2, 0) is 0 Å². The molecule has 0 spiro atoms. The van der Waals surface area contributed by atoms with Gasteiger partial charge in [0.2, 0.25) is 0 Å². The molecular weight excluding hydrogens is 308 g/mol. The van der Waals surface area contributed by atoms with Crippen molar-refractivity contribution in [3.63, 3.8) is 0 Å². The van der Waals surface area contributed by atoms with Crippen LogP contribution in [0.1, 0.15) is 30.6 Å². The van der Waals surface area contributed by atoms with E-state index in [-0.39, 0.29) is 17.3 Å². The van der Waals surface area contributed by atoms with Crippen molar-refractivity contribution >= 4 is 33.4 Å². The maximum atomic E-state index is 13.1. The molecule has 0 aliphatic rings. The third-order valence-corrected chi connectivity index (χ3v) is 2.82. The molecule has 1 amide bonds. The minimum absolute atomic E-state index is 0.00968. The van der Waals surface area contributed by atoms with Crippen molar-refractivity contribution in [2.75, 3.05) is 0 Å². The first-order chi connectivity index (χ1) is 7.88. The van der Waals surface area contributed by atoms with Gasteiger partial charge in [0.15, 0.2) is 0 Å². The van der Waals surface area contributed by atoms with Crippen LogP contribution in [0.15, 0.2) is 22.7 Å². The molecule has 0 aromatic heterocycles. The van der Waals surface area contributed by atoms with Crippen LogP contribution in [0, 0.1) is 5.82 Å². The minimum atomic E-state index is -0.442. The van der Waals surface area contributed by atoms with Crippen LogP contribution in [0.25, 0.3) is 0 Å². The number of halogens is 3. The highest BCUT2D eigenvalue weighted by Gasteiger charge is 2.12. The predicted molar refractivity (Wildman–Crippen MR) is 71.0 cm³/mol. The van der Waals surface area contributed by atoms with Gasteiger partial charge in [-0.2, -0.15) is 0 Å². The van der Waals surface area contributed by atoms with Gasteiger partial charge in [0, 0.05) is 21.5 Å². The van der Waals surface area contributed by atoms with Gasteiger partial charge in [-0.15, -0.1) is 11.6 Å². The summed E-state index contributed by atoms with van der Waals surface area (Å²) in [6, 6.07) is 4.05. The highest BCUT2D eigenvalue weighted by molar-refractivity contribution is 9.10. The molecule has 5 heteroatoms. The molecule has 2 unspecified atom stereocenters. The molecule has 1 aromatic rings. The Kier molecular flexibility index (Phi) is 5.40. The van der Waals surface area contributed by atoms with Crippen LogP contribution < -0.4 is 5.32 Å². The lowest BCUT2D eigenvalue weighted by Crippen LogP contribution is -2.34. The summed E-state index contributed by atoms with van der Waals surface area (Å²) in [6.07, 6.45) is 0.670. The fraction of sp³-hybridized carbons (Fsp3) is 0.417. The van der Waals surface area contributed by atoms with E-state index in [2.05, 4.69) is 21.2 Å². The Balaban J connectivity index is 2.69. The standard InChI is InChI=1S/C12H14BrClFNO/c1-7(14)3-8(2)16-12(17)9-4-10(13)6-11(15)5-9/h4-8H,3H2,1-2H3,(H,16,17). The second-order valence-corrected chi connectivity index (χ2v) is 5.71. The van der Waals surface area contributed by atoms with Crippen molar-refractivity contribution in [2.24, 2.45) is 0 Å². The Morgan fingerprint density at radius 1 is 1.47 bits per heavy atom. The third kappa shape index (κ3) is 5.04. The lowest BCUT2D eigenvalue weighted by molar-refractivity contribution is 0.0938. The average molecular weight is 323 g/mol. The monoisotopic (exact) mass is 321 g/mol. The maximum Gasteiger partial charge on any atom is 0.251 e. The number of rotatable bonds is 4. The highest BCUT2D eigenvalue weighted by atomic mass is 79.9. The molecule has 2 atom stereocenters. The predicted octanol–water partition coefficient (Wildman–Crippen LogP) is 3.72. The Labute approximate surface area is 114 Å². The van der Waals surface area contributed by atoms with Crippen LogP contribution >= 0.6 is 27.5 Å². The van der Waals surface area contributed by atoms with E-state index in [1.165, 1.54) is 12.1 Å². The first kappa shape index (κ1) is 14.5. The van der Waals surface area contributed by atoms with Crippen LogP contribution in [0.5, 0.6) is 0 Å². The molecule has 94 valence electrons. The third-order valence-electron chi connectivity index (χ3n) is 2.18. The van der Waals surface area contributed by atoms with Crippen LogP contribution in [0.3, 0.4) is 0 Å². The SMILES string of the molecule is CC(Cl)CC(C)NC(=O)c1cc(F)cc(Br)c1. The van der Waals surface area contributed by atoms with E-state index < -0.39 is 5.82 Å². The van der Waals surface area contributed by atoms with Crippen molar-refractivity contribution in [3.05, 3.63) is 34.1 Å². The number of amides is 1. The molecule has 1 N–H and O–H groups in total. The van der Waals surface area contributed by atoms with E-state index in [4.69, 9.17) is 11.6 Å². The summed E-state index contributed by atoms with van der Waals surface area (Å²) in [6.45, 7) is 3.73. The second-order valence-electron chi connectivity index (χ2n) is 4.05. The lowest BCUT2D eigenvalue weighted by atomic mass is 10.1. The first-order valence-corrected chi connectivity index (χ1v) is 6.52. The van der Waals surface area contributed by atoms with Gasteiger partial charge in [-0.3, -0.25) is 4.79 Å². The maximum absolute atomic E-state index is 13.1. The molecule has 0 fully saturated rings. The molecule has 0 bridgehead atoms. The van der Waals surface area contributed by atoms with Crippen LogP contribution in [0.2, 0.25) is 0 Å². The van der Waals surface area contributed by atoms with E-state index in [0.29, 0.717) is 16.5 Å². The van der Waals surface area contributed by atoms with Crippen molar-refractivity contribution in [1.29, 1.82) is 0 Å². The number of hydrogen-bond donors (Lipinski definition) is 1. The largest absolute Gasteiger partial charge is 0.350 e. The van der Waals surface area contributed by atoms with Gasteiger partial charge in [0.05, 0.1) is 0 Å². The van der Waals surface area contributed by atoms with Gasteiger partial charge in [0.25, 0.3) is 5.91 Å². The summed E-state index contributed by atoms with van der Waals surface area (Å²) in [5.41, 5.74) is 0.297. The zero-order valence-electron chi connectivity index (χ0n) is 9.64. The number of carbonyl (C=O) groups excluding carboxylic acids is 1. The minimum Gasteiger partial charge on any atom is -0.350 e. The summed E-state index contributed by atoms with van der Waals surface area (Å²) >= 11 is 8.98. The zero-order valence-corrected chi connectivity index (χ0v) is 12.0. The fourth-order valence-electron chi connectivity index (χ4n) is 1.54. The quantitative estimate of drug-likeness (QED) is 0.841. The smallest absolute Gasteiger partial charge is 0.251 e. The summed E-state index contributed by atoms with van der Waals surface area (Å²) < 4.78 is 13.6. The molecular formula is C12H14BrClFNO. The molecule has 0 saturated carbocycles. The average Bonchev–Trinajstić information content (AvgIpc) is 2.14. The molecule has 0 aliphatic carbocycles. The molecule has 0 heterocycles. The number of nitrogens with one attached hydrogen (secondary N) is 1.